The van der Waals surface area contributed by atoms with Gasteiger partial charge in [0.1, 0.15) is 11.6 Å². The minimum atomic E-state index is -0.235. The lowest BCUT2D eigenvalue weighted by Crippen LogP contribution is -2.00. The molecule has 108 valence electrons. The van der Waals surface area contributed by atoms with Crippen LogP contribution in [-0.4, -0.2) is 9.55 Å². The van der Waals surface area contributed by atoms with Gasteiger partial charge in [0.05, 0.1) is 11.0 Å². The van der Waals surface area contributed by atoms with Crippen LogP contribution in [0.25, 0.3) is 22.4 Å². The molecule has 1 heterocycles. The minimum Gasteiger partial charge on any atom is -0.324 e. The van der Waals surface area contributed by atoms with Crippen molar-refractivity contribution < 1.29 is 4.39 Å². The summed E-state index contributed by atoms with van der Waals surface area (Å²) in [5.74, 6) is 1.10. The van der Waals surface area contributed by atoms with E-state index in [-0.39, 0.29) is 5.82 Å². The van der Waals surface area contributed by atoms with Crippen molar-refractivity contribution in [3.05, 3.63) is 53.8 Å². The predicted octanol–water partition coefficient (Wildman–Crippen LogP) is 4.99. The Bertz CT molecular complexity index is 780. The molecule has 1 aromatic heterocycles. The quantitative estimate of drug-likeness (QED) is 0.621. The number of nitrogens with zero attached hydrogens (tertiary/aromatic N) is 2. The lowest BCUT2D eigenvalue weighted by Gasteiger charge is -2.08. The Morgan fingerprint density at radius 2 is 2.05 bits per heavy atom. The summed E-state index contributed by atoms with van der Waals surface area (Å²) in [6, 6.07) is 12.7. The van der Waals surface area contributed by atoms with Gasteiger partial charge in [0.25, 0.3) is 0 Å². The van der Waals surface area contributed by atoms with E-state index in [4.69, 9.17) is 11.6 Å². The average molecular weight is 303 g/mol. The molecule has 0 radical (unpaired) electrons. The first-order valence-electron chi connectivity index (χ1n) is 7.04. The zero-order chi connectivity index (χ0) is 14.8. The van der Waals surface area contributed by atoms with Crippen LogP contribution in [0.1, 0.15) is 18.9 Å². The third kappa shape index (κ3) is 2.66. The number of aromatic nitrogens is 2. The van der Waals surface area contributed by atoms with E-state index < -0.39 is 0 Å². The van der Waals surface area contributed by atoms with Crippen molar-refractivity contribution in [1.82, 2.24) is 9.55 Å². The fourth-order valence-corrected chi connectivity index (χ4v) is 2.73. The van der Waals surface area contributed by atoms with E-state index in [1.807, 2.05) is 24.3 Å². The highest BCUT2D eigenvalue weighted by Crippen LogP contribution is 2.26. The highest BCUT2D eigenvalue weighted by atomic mass is 35.5. The van der Waals surface area contributed by atoms with Crippen LogP contribution in [0.2, 0.25) is 0 Å². The first-order chi connectivity index (χ1) is 10.2. The second kappa shape index (κ2) is 5.86. The molecular formula is C17H16ClFN2. The molecular weight excluding hydrogens is 287 g/mol. The Kier molecular flexibility index (Phi) is 3.93. The number of hydrogen-bond donors (Lipinski definition) is 0. The van der Waals surface area contributed by atoms with Gasteiger partial charge in [0.15, 0.2) is 0 Å². The number of benzene rings is 2. The fraction of sp³-hybridized carbons (Fsp3) is 0.235. The summed E-state index contributed by atoms with van der Waals surface area (Å²) in [6.45, 7) is 2.91. The normalized spacial score (nSPS) is 11.2. The van der Waals surface area contributed by atoms with Gasteiger partial charge in [0, 0.05) is 18.0 Å². The second-order valence-electron chi connectivity index (χ2n) is 5.05. The van der Waals surface area contributed by atoms with Gasteiger partial charge in [-0.3, -0.25) is 0 Å². The van der Waals surface area contributed by atoms with Crippen LogP contribution >= 0.6 is 11.6 Å². The summed E-state index contributed by atoms with van der Waals surface area (Å²) >= 11 is 5.91. The highest BCUT2D eigenvalue weighted by Gasteiger charge is 2.13. The molecule has 0 N–H and O–H groups in total. The maximum absolute atomic E-state index is 13.5. The SMILES string of the molecule is CCCn1c(-c2cccc(CCl)c2)nc2ccc(F)cc21. The maximum atomic E-state index is 13.5. The summed E-state index contributed by atoms with van der Waals surface area (Å²) < 4.78 is 15.6. The van der Waals surface area contributed by atoms with Gasteiger partial charge in [-0.2, -0.15) is 0 Å². The number of hydrogen-bond acceptors (Lipinski definition) is 1. The zero-order valence-corrected chi connectivity index (χ0v) is 12.6. The number of aryl methyl sites for hydroxylation is 1. The Morgan fingerprint density at radius 1 is 1.19 bits per heavy atom. The zero-order valence-electron chi connectivity index (χ0n) is 11.8. The predicted molar refractivity (Wildman–Crippen MR) is 85.0 cm³/mol. The van der Waals surface area contributed by atoms with Crippen LogP contribution < -0.4 is 0 Å². The average Bonchev–Trinajstić information content (AvgIpc) is 2.86. The molecule has 3 aromatic rings. The highest BCUT2D eigenvalue weighted by molar-refractivity contribution is 6.17. The van der Waals surface area contributed by atoms with Crippen LogP contribution in [0.3, 0.4) is 0 Å². The van der Waals surface area contributed by atoms with E-state index in [0.717, 1.165) is 41.0 Å². The molecule has 0 amide bonds. The van der Waals surface area contributed by atoms with E-state index >= 15 is 0 Å². The van der Waals surface area contributed by atoms with Crippen molar-refractivity contribution >= 4 is 22.6 Å². The minimum absolute atomic E-state index is 0.235. The Labute approximate surface area is 128 Å². The third-order valence-corrected chi connectivity index (χ3v) is 3.81. The van der Waals surface area contributed by atoms with Gasteiger partial charge >= 0.3 is 0 Å². The molecule has 0 saturated carbocycles. The summed E-state index contributed by atoms with van der Waals surface area (Å²) in [5, 5.41) is 0. The Balaban J connectivity index is 2.22. The van der Waals surface area contributed by atoms with Gasteiger partial charge < -0.3 is 4.57 Å². The molecule has 0 fully saturated rings. The summed E-state index contributed by atoms with van der Waals surface area (Å²) in [5.41, 5.74) is 3.72. The molecule has 2 aromatic carbocycles. The van der Waals surface area contributed by atoms with Crippen molar-refractivity contribution in [2.45, 2.75) is 25.8 Å². The van der Waals surface area contributed by atoms with E-state index in [9.17, 15) is 4.39 Å². The molecule has 0 bridgehead atoms. The lowest BCUT2D eigenvalue weighted by atomic mass is 10.1. The van der Waals surface area contributed by atoms with E-state index in [1.165, 1.54) is 6.07 Å². The van der Waals surface area contributed by atoms with Crippen LogP contribution in [0, 0.1) is 5.82 Å². The van der Waals surface area contributed by atoms with Gasteiger partial charge in [-0.25, -0.2) is 9.37 Å². The number of imidazole rings is 1. The molecule has 0 atom stereocenters. The molecule has 0 unspecified atom stereocenters. The Morgan fingerprint density at radius 3 is 2.81 bits per heavy atom. The van der Waals surface area contributed by atoms with E-state index in [2.05, 4.69) is 16.5 Å². The van der Waals surface area contributed by atoms with Gasteiger partial charge in [-0.15, -0.1) is 11.6 Å². The molecule has 0 spiro atoms. The second-order valence-corrected chi connectivity index (χ2v) is 5.32. The standard InChI is InChI=1S/C17H16ClFN2/c1-2-8-21-16-10-14(19)6-7-15(16)20-17(21)13-5-3-4-12(9-13)11-18/h3-7,9-10H,2,8,11H2,1H3. The molecule has 0 aliphatic heterocycles. The fourth-order valence-electron chi connectivity index (χ4n) is 2.56. The first kappa shape index (κ1) is 14.1. The number of alkyl halides is 1. The van der Waals surface area contributed by atoms with Gasteiger partial charge in [-0.05, 0) is 36.2 Å². The van der Waals surface area contributed by atoms with E-state index in [1.54, 1.807) is 12.1 Å². The van der Waals surface area contributed by atoms with Gasteiger partial charge in [-0.1, -0.05) is 25.1 Å². The van der Waals surface area contributed by atoms with Crippen molar-refractivity contribution in [2.75, 3.05) is 0 Å². The smallest absolute Gasteiger partial charge is 0.141 e. The molecule has 2 nitrogen and oxygen atoms in total. The van der Waals surface area contributed by atoms with Crippen molar-refractivity contribution in [2.24, 2.45) is 0 Å². The molecule has 4 heteroatoms. The number of halogens is 2. The molecule has 0 saturated heterocycles. The first-order valence-corrected chi connectivity index (χ1v) is 7.57. The van der Waals surface area contributed by atoms with Crippen molar-refractivity contribution in [1.29, 1.82) is 0 Å². The van der Waals surface area contributed by atoms with Crippen molar-refractivity contribution in [3.63, 3.8) is 0 Å². The summed E-state index contributed by atoms with van der Waals surface area (Å²) in [7, 11) is 0. The van der Waals surface area contributed by atoms with Crippen molar-refractivity contribution in [3.8, 4) is 11.4 Å². The number of rotatable bonds is 4. The number of fused-ring (bicyclic) bond motifs is 1. The summed E-state index contributed by atoms with van der Waals surface area (Å²) in [6.07, 6.45) is 0.962. The molecule has 3 rings (SSSR count). The molecule has 21 heavy (non-hydrogen) atoms. The third-order valence-electron chi connectivity index (χ3n) is 3.50. The topological polar surface area (TPSA) is 17.8 Å². The van der Waals surface area contributed by atoms with Crippen LogP contribution in [-0.2, 0) is 12.4 Å². The maximum Gasteiger partial charge on any atom is 0.141 e. The molecule has 0 aliphatic rings. The van der Waals surface area contributed by atoms with Gasteiger partial charge in [0.2, 0.25) is 0 Å². The Hall–Kier alpha value is -1.87. The van der Waals surface area contributed by atoms with Crippen LogP contribution in [0.4, 0.5) is 4.39 Å². The lowest BCUT2D eigenvalue weighted by molar-refractivity contribution is 0.627. The monoisotopic (exact) mass is 302 g/mol. The largest absolute Gasteiger partial charge is 0.324 e. The van der Waals surface area contributed by atoms with Crippen LogP contribution in [0.15, 0.2) is 42.5 Å². The molecule has 0 aliphatic carbocycles. The van der Waals surface area contributed by atoms with Crippen LogP contribution in [0.5, 0.6) is 0 Å². The van der Waals surface area contributed by atoms with E-state index in [0.29, 0.717) is 5.88 Å². The summed E-state index contributed by atoms with van der Waals surface area (Å²) in [4.78, 5) is 4.67.